The minimum Gasteiger partial charge on any atom is -0.293 e. The van der Waals surface area contributed by atoms with Crippen LogP contribution in [0.3, 0.4) is 0 Å². The Bertz CT molecular complexity index is 273. The van der Waals surface area contributed by atoms with Crippen molar-refractivity contribution in [3.8, 4) is 0 Å². The van der Waals surface area contributed by atoms with E-state index in [1.165, 1.54) is 0 Å². The molecule has 0 unspecified atom stereocenters. The first-order valence-corrected chi connectivity index (χ1v) is 4.13. The molecule has 0 amide bonds. The summed E-state index contributed by atoms with van der Waals surface area (Å²) < 4.78 is 2.78. The number of nitrogens with zero attached hydrogens (tertiary/aromatic N) is 1. The molecule has 0 bridgehead atoms. The molecule has 0 saturated carbocycles. The molecule has 2 nitrogen and oxygen atoms in total. The van der Waals surface area contributed by atoms with Gasteiger partial charge in [-0.05, 0) is 6.07 Å². The summed E-state index contributed by atoms with van der Waals surface area (Å²) >= 11 is 3.34. The lowest BCUT2D eigenvalue weighted by Crippen LogP contribution is -2.37. The molecule has 0 aliphatic heterocycles. The van der Waals surface area contributed by atoms with Gasteiger partial charge in [0.05, 0.1) is 0 Å². The summed E-state index contributed by atoms with van der Waals surface area (Å²) in [7, 11) is 0. The SMILES string of the molecule is CC(=O)C[n+]1ccccc1Br. The van der Waals surface area contributed by atoms with Crippen molar-refractivity contribution < 1.29 is 9.36 Å². The quantitative estimate of drug-likeness (QED) is 0.538. The van der Waals surface area contributed by atoms with Crippen LogP contribution >= 0.6 is 15.9 Å². The van der Waals surface area contributed by atoms with Crippen LogP contribution in [-0.4, -0.2) is 5.78 Å². The molecule has 11 heavy (non-hydrogen) atoms. The van der Waals surface area contributed by atoms with Gasteiger partial charge in [-0.1, -0.05) is 0 Å². The minimum atomic E-state index is 0.155. The summed E-state index contributed by atoms with van der Waals surface area (Å²) in [5.74, 6) is 0.155. The number of hydrogen-bond acceptors (Lipinski definition) is 1. The molecular formula is C8H9BrNO+. The number of aromatic nitrogens is 1. The van der Waals surface area contributed by atoms with Crippen LogP contribution in [0.15, 0.2) is 29.0 Å². The fraction of sp³-hybridized carbons (Fsp3) is 0.250. The van der Waals surface area contributed by atoms with E-state index in [0.717, 1.165) is 4.60 Å². The van der Waals surface area contributed by atoms with Crippen LogP contribution in [0.25, 0.3) is 0 Å². The van der Waals surface area contributed by atoms with E-state index in [-0.39, 0.29) is 5.78 Å². The van der Waals surface area contributed by atoms with E-state index in [4.69, 9.17) is 0 Å². The summed E-state index contributed by atoms with van der Waals surface area (Å²) in [6, 6.07) is 5.72. The lowest BCUT2D eigenvalue weighted by atomic mass is 10.4. The van der Waals surface area contributed by atoms with E-state index in [1.807, 2.05) is 29.0 Å². The first kappa shape index (κ1) is 8.40. The van der Waals surface area contributed by atoms with E-state index in [0.29, 0.717) is 6.54 Å². The zero-order valence-corrected chi connectivity index (χ0v) is 7.84. The number of hydrogen-bond donors (Lipinski definition) is 0. The van der Waals surface area contributed by atoms with Gasteiger partial charge in [0.15, 0.2) is 12.0 Å². The molecule has 1 rings (SSSR count). The maximum atomic E-state index is 10.7. The van der Waals surface area contributed by atoms with Crippen molar-refractivity contribution in [3.05, 3.63) is 29.0 Å². The van der Waals surface area contributed by atoms with Crippen LogP contribution in [0.1, 0.15) is 6.92 Å². The van der Waals surface area contributed by atoms with Crippen molar-refractivity contribution in [2.45, 2.75) is 13.5 Å². The Morgan fingerprint density at radius 2 is 2.36 bits per heavy atom. The van der Waals surface area contributed by atoms with Crippen LogP contribution in [-0.2, 0) is 11.3 Å². The van der Waals surface area contributed by atoms with Gasteiger partial charge in [0.1, 0.15) is 0 Å². The monoisotopic (exact) mass is 214 g/mol. The number of halogens is 1. The number of carbonyl (C=O) groups excluding carboxylic acids is 1. The van der Waals surface area contributed by atoms with Crippen molar-refractivity contribution in [2.75, 3.05) is 0 Å². The van der Waals surface area contributed by atoms with Gasteiger partial charge in [-0.2, -0.15) is 4.57 Å². The zero-order valence-electron chi connectivity index (χ0n) is 6.25. The Balaban J connectivity index is 2.86. The van der Waals surface area contributed by atoms with Gasteiger partial charge < -0.3 is 0 Å². The highest BCUT2D eigenvalue weighted by molar-refractivity contribution is 9.10. The topological polar surface area (TPSA) is 20.9 Å². The number of carbonyl (C=O) groups is 1. The fourth-order valence-corrected chi connectivity index (χ4v) is 1.22. The Hall–Kier alpha value is -0.700. The molecule has 0 N–H and O–H groups in total. The second-order valence-electron chi connectivity index (χ2n) is 2.35. The summed E-state index contributed by atoms with van der Waals surface area (Å²) in [6.07, 6.45) is 1.87. The van der Waals surface area contributed by atoms with Gasteiger partial charge in [-0.3, -0.25) is 4.79 Å². The van der Waals surface area contributed by atoms with Crippen LogP contribution < -0.4 is 4.57 Å². The second kappa shape index (κ2) is 3.62. The second-order valence-corrected chi connectivity index (χ2v) is 3.17. The van der Waals surface area contributed by atoms with E-state index in [9.17, 15) is 4.79 Å². The van der Waals surface area contributed by atoms with Gasteiger partial charge in [0, 0.05) is 35.0 Å². The Morgan fingerprint density at radius 1 is 1.64 bits per heavy atom. The van der Waals surface area contributed by atoms with Crippen molar-refractivity contribution in [2.24, 2.45) is 0 Å². The summed E-state index contributed by atoms with van der Waals surface area (Å²) in [5, 5.41) is 0. The van der Waals surface area contributed by atoms with Crippen molar-refractivity contribution in [1.82, 2.24) is 0 Å². The minimum absolute atomic E-state index is 0.155. The molecular weight excluding hydrogens is 206 g/mol. The molecule has 1 heterocycles. The van der Waals surface area contributed by atoms with Crippen LogP contribution in [0, 0.1) is 0 Å². The zero-order chi connectivity index (χ0) is 8.27. The molecule has 0 aliphatic rings. The van der Waals surface area contributed by atoms with Crippen molar-refractivity contribution >= 4 is 21.7 Å². The normalized spacial score (nSPS) is 9.64. The Labute approximate surface area is 74.0 Å². The first-order valence-electron chi connectivity index (χ1n) is 3.33. The highest BCUT2D eigenvalue weighted by Gasteiger charge is 2.07. The summed E-state index contributed by atoms with van der Waals surface area (Å²) in [5.41, 5.74) is 0. The molecule has 0 saturated heterocycles. The Morgan fingerprint density at radius 3 is 2.91 bits per heavy atom. The molecule has 0 atom stereocenters. The number of rotatable bonds is 2. The van der Waals surface area contributed by atoms with Crippen molar-refractivity contribution in [1.29, 1.82) is 0 Å². The predicted molar refractivity (Wildman–Crippen MR) is 45.0 cm³/mol. The maximum Gasteiger partial charge on any atom is 0.248 e. The molecule has 1 aromatic rings. The molecule has 0 radical (unpaired) electrons. The lowest BCUT2D eigenvalue weighted by Gasteiger charge is -1.93. The number of pyridine rings is 1. The molecule has 0 spiro atoms. The molecule has 3 heteroatoms. The lowest BCUT2D eigenvalue weighted by molar-refractivity contribution is -0.694. The molecule has 0 aliphatic carbocycles. The van der Waals surface area contributed by atoms with Gasteiger partial charge in [-0.15, -0.1) is 0 Å². The highest BCUT2D eigenvalue weighted by atomic mass is 79.9. The first-order chi connectivity index (χ1) is 5.20. The largest absolute Gasteiger partial charge is 0.293 e. The fourth-order valence-electron chi connectivity index (χ4n) is 0.824. The third-order valence-electron chi connectivity index (χ3n) is 1.28. The predicted octanol–water partition coefficient (Wildman–Crippen LogP) is 1.33. The standard InChI is InChI=1S/C8H9BrNO/c1-7(11)6-10-5-3-2-4-8(10)9/h2-5H,6H2,1H3/q+1. The smallest absolute Gasteiger partial charge is 0.248 e. The van der Waals surface area contributed by atoms with Crippen LogP contribution in [0.5, 0.6) is 0 Å². The van der Waals surface area contributed by atoms with Crippen molar-refractivity contribution in [3.63, 3.8) is 0 Å². The molecule has 0 aromatic carbocycles. The van der Waals surface area contributed by atoms with Gasteiger partial charge in [-0.25, -0.2) is 0 Å². The van der Waals surface area contributed by atoms with Gasteiger partial charge >= 0.3 is 0 Å². The van der Waals surface area contributed by atoms with Gasteiger partial charge in [0.2, 0.25) is 11.1 Å². The van der Waals surface area contributed by atoms with E-state index in [2.05, 4.69) is 15.9 Å². The maximum absolute atomic E-state index is 10.7. The number of Topliss-reactive ketones (excluding diaryl/α,β-unsaturated/α-hetero) is 1. The average Bonchev–Trinajstić information content (AvgIpc) is 1.93. The van der Waals surface area contributed by atoms with E-state index < -0.39 is 0 Å². The van der Waals surface area contributed by atoms with Gasteiger partial charge in [0.25, 0.3) is 0 Å². The van der Waals surface area contributed by atoms with Crippen LogP contribution in [0.2, 0.25) is 0 Å². The number of ketones is 1. The summed E-state index contributed by atoms with van der Waals surface area (Å²) in [6.45, 7) is 2.01. The van der Waals surface area contributed by atoms with E-state index >= 15 is 0 Å². The molecule has 58 valence electrons. The third-order valence-corrected chi connectivity index (χ3v) is 2.00. The summed E-state index contributed by atoms with van der Waals surface area (Å²) in [4.78, 5) is 10.7. The third kappa shape index (κ3) is 2.42. The van der Waals surface area contributed by atoms with E-state index in [1.54, 1.807) is 6.92 Å². The Kier molecular flexibility index (Phi) is 2.76. The molecule has 1 aromatic heterocycles. The highest BCUT2D eigenvalue weighted by Crippen LogP contribution is 1.99. The molecule has 0 fully saturated rings. The average molecular weight is 215 g/mol. The van der Waals surface area contributed by atoms with Crippen LogP contribution in [0.4, 0.5) is 0 Å².